The molecule has 148 valence electrons. The Labute approximate surface area is 162 Å². The van der Waals surface area contributed by atoms with Crippen LogP contribution in [-0.4, -0.2) is 35.0 Å². The van der Waals surface area contributed by atoms with Crippen LogP contribution in [0.4, 0.5) is 0 Å². The van der Waals surface area contributed by atoms with Gasteiger partial charge in [0.25, 0.3) is 0 Å². The van der Waals surface area contributed by atoms with Gasteiger partial charge < -0.3 is 29.1 Å². The van der Waals surface area contributed by atoms with Gasteiger partial charge in [-0.25, -0.2) is 0 Å². The van der Waals surface area contributed by atoms with Crippen LogP contribution in [0, 0.1) is 6.92 Å². The zero-order valence-corrected chi connectivity index (χ0v) is 16.5. The Balaban J connectivity index is 0.00000261. The summed E-state index contributed by atoms with van der Waals surface area (Å²) in [6, 6.07) is 2.85. The summed E-state index contributed by atoms with van der Waals surface area (Å²) in [5.74, 6) is 0.537. The zero-order valence-electron chi connectivity index (χ0n) is 15.7. The molecule has 27 heavy (non-hydrogen) atoms. The third-order valence-electron chi connectivity index (χ3n) is 3.93. The monoisotopic (exact) mass is 397 g/mol. The van der Waals surface area contributed by atoms with Crippen molar-refractivity contribution in [2.75, 3.05) is 13.2 Å². The van der Waals surface area contributed by atoms with E-state index in [9.17, 15) is 15.0 Å². The van der Waals surface area contributed by atoms with Crippen LogP contribution < -0.4 is 15.5 Å². The van der Waals surface area contributed by atoms with E-state index in [0.717, 1.165) is 0 Å². The van der Waals surface area contributed by atoms with E-state index < -0.39 is 6.10 Å². The number of fused-ring (bicyclic) bond motifs is 2. The number of furan rings is 1. The number of hydrogen-bond acceptors (Lipinski definition) is 7. The van der Waals surface area contributed by atoms with Gasteiger partial charge in [-0.2, -0.15) is 0 Å². The summed E-state index contributed by atoms with van der Waals surface area (Å²) in [6.07, 6.45) is 0.454. The van der Waals surface area contributed by atoms with Crippen LogP contribution in [0.2, 0.25) is 0 Å². The molecular weight excluding hydrogens is 374 g/mol. The summed E-state index contributed by atoms with van der Waals surface area (Å²) >= 11 is 0. The molecule has 3 aromatic rings. The summed E-state index contributed by atoms with van der Waals surface area (Å²) in [5.41, 5.74) is -0.153. The molecule has 0 aliphatic rings. The van der Waals surface area contributed by atoms with Crippen LogP contribution in [0.3, 0.4) is 0 Å². The lowest BCUT2D eigenvalue weighted by molar-refractivity contribution is 0.100. The van der Waals surface area contributed by atoms with E-state index >= 15 is 0 Å². The summed E-state index contributed by atoms with van der Waals surface area (Å²) in [4.78, 5) is 12.2. The molecule has 3 rings (SSSR count). The fourth-order valence-corrected chi connectivity index (χ4v) is 2.70. The van der Waals surface area contributed by atoms with E-state index in [2.05, 4.69) is 5.32 Å². The first kappa shape index (κ1) is 21.1. The predicted molar refractivity (Wildman–Crippen MR) is 105 cm³/mol. The van der Waals surface area contributed by atoms with Gasteiger partial charge in [0.05, 0.1) is 11.6 Å². The normalized spacial score (nSPS) is 12.9. The average molecular weight is 398 g/mol. The molecule has 1 aromatic carbocycles. The minimum absolute atomic E-state index is 0. The van der Waals surface area contributed by atoms with Crippen molar-refractivity contribution in [1.29, 1.82) is 0 Å². The van der Waals surface area contributed by atoms with Crippen LogP contribution in [0.15, 0.2) is 32.0 Å². The summed E-state index contributed by atoms with van der Waals surface area (Å²) in [6.45, 7) is 8.03. The molecule has 0 aliphatic heterocycles. The van der Waals surface area contributed by atoms with Crippen molar-refractivity contribution < 1.29 is 23.8 Å². The lowest BCUT2D eigenvalue weighted by Gasteiger charge is -2.23. The van der Waals surface area contributed by atoms with Gasteiger partial charge in [-0.05, 0) is 33.8 Å². The third-order valence-corrected chi connectivity index (χ3v) is 3.93. The first-order chi connectivity index (χ1) is 12.2. The predicted octanol–water partition coefficient (Wildman–Crippen LogP) is 3.10. The van der Waals surface area contributed by atoms with Gasteiger partial charge in [0.1, 0.15) is 29.6 Å². The molecule has 0 saturated carbocycles. The van der Waals surface area contributed by atoms with Crippen LogP contribution >= 0.6 is 12.4 Å². The first-order valence-electron chi connectivity index (χ1n) is 8.40. The number of benzene rings is 1. The average Bonchev–Trinajstić information content (AvgIpc) is 2.94. The molecule has 0 bridgehead atoms. The van der Waals surface area contributed by atoms with E-state index in [4.69, 9.17) is 13.6 Å². The molecule has 1 unspecified atom stereocenters. The standard InChI is InChI=1S/C19H23NO6.ClH/c1-10-7-12-15(23)14-13(22)5-6-24-17(14)18(16(12)26-10)25-9-11(21)8-20-19(2,3)4;/h5-7,11,20-21,23H,8-9H2,1-4H3;1H. The number of aryl methyl sites for hydroxylation is 1. The van der Waals surface area contributed by atoms with E-state index in [0.29, 0.717) is 17.7 Å². The van der Waals surface area contributed by atoms with E-state index in [1.54, 1.807) is 13.0 Å². The number of phenolic OH excluding ortho intramolecular Hbond substituents is 1. The van der Waals surface area contributed by atoms with Crippen molar-refractivity contribution in [3.8, 4) is 11.5 Å². The van der Waals surface area contributed by atoms with E-state index in [-0.39, 0.29) is 58.0 Å². The van der Waals surface area contributed by atoms with Crippen LogP contribution in [-0.2, 0) is 0 Å². The Morgan fingerprint density at radius 1 is 1.30 bits per heavy atom. The first-order valence-corrected chi connectivity index (χ1v) is 8.40. The maximum absolute atomic E-state index is 12.2. The number of aliphatic hydroxyl groups excluding tert-OH is 1. The minimum atomic E-state index is -0.778. The number of β-amino-alcohol motifs (C(OH)–C–C–N with tert-alkyl or cyclic N) is 1. The Kier molecular flexibility index (Phi) is 6.09. The molecule has 3 N–H and O–H groups in total. The third kappa shape index (κ3) is 4.37. The summed E-state index contributed by atoms with van der Waals surface area (Å²) in [5, 5.41) is 24.2. The second-order valence-corrected chi connectivity index (χ2v) is 7.36. The Morgan fingerprint density at radius 3 is 2.67 bits per heavy atom. The molecule has 7 nitrogen and oxygen atoms in total. The number of ether oxygens (including phenoxy) is 1. The zero-order chi connectivity index (χ0) is 19.1. The van der Waals surface area contributed by atoms with Crippen molar-refractivity contribution in [3.05, 3.63) is 34.4 Å². The van der Waals surface area contributed by atoms with Crippen LogP contribution in [0.5, 0.6) is 11.5 Å². The number of nitrogens with one attached hydrogen (secondary N) is 1. The highest BCUT2D eigenvalue weighted by molar-refractivity contribution is 6.06. The van der Waals surface area contributed by atoms with E-state index in [1.807, 2.05) is 20.8 Å². The van der Waals surface area contributed by atoms with Gasteiger partial charge in [0.2, 0.25) is 5.75 Å². The number of rotatable bonds is 5. The van der Waals surface area contributed by atoms with Crippen molar-refractivity contribution in [3.63, 3.8) is 0 Å². The van der Waals surface area contributed by atoms with Crippen molar-refractivity contribution in [2.45, 2.75) is 39.3 Å². The fourth-order valence-electron chi connectivity index (χ4n) is 2.70. The van der Waals surface area contributed by atoms with Gasteiger partial charge in [-0.3, -0.25) is 4.79 Å². The molecule has 2 heterocycles. The number of aliphatic hydroxyl groups is 1. The largest absolute Gasteiger partial charge is 0.506 e. The van der Waals surface area contributed by atoms with Crippen LogP contribution in [0.25, 0.3) is 21.9 Å². The van der Waals surface area contributed by atoms with Gasteiger partial charge in [0, 0.05) is 18.2 Å². The lowest BCUT2D eigenvalue weighted by atomic mass is 10.1. The van der Waals surface area contributed by atoms with Gasteiger partial charge in [0.15, 0.2) is 16.6 Å². The number of hydrogen-bond donors (Lipinski definition) is 3. The molecule has 8 heteroatoms. The molecular formula is C19H24ClNO6. The summed E-state index contributed by atoms with van der Waals surface area (Å²) < 4.78 is 16.8. The second kappa shape index (κ2) is 7.80. The SMILES string of the molecule is Cc1cc2c(O)c3c(=O)ccoc3c(OCC(O)CNC(C)(C)C)c2o1.Cl. The maximum atomic E-state index is 12.2. The van der Waals surface area contributed by atoms with Gasteiger partial charge >= 0.3 is 0 Å². The molecule has 0 radical (unpaired) electrons. The highest BCUT2D eigenvalue weighted by atomic mass is 35.5. The lowest BCUT2D eigenvalue weighted by Crippen LogP contribution is -2.42. The second-order valence-electron chi connectivity index (χ2n) is 7.36. The highest BCUT2D eigenvalue weighted by Crippen LogP contribution is 2.42. The Bertz CT molecular complexity index is 1000. The molecule has 2 aromatic heterocycles. The van der Waals surface area contributed by atoms with Crippen molar-refractivity contribution >= 4 is 34.3 Å². The van der Waals surface area contributed by atoms with Gasteiger partial charge in [-0.1, -0.05) is 0 Å². The summed E-state index contributed by atoms with van der Waals surface area (Å²) in [7, 11) is 0. The maximum Gasteiger partial charge on any atom is 0.206 e. The highest BCUT2D eigenvalue weighted by Gasteiger charge is 2.23. The minimum Gasteiger partial charge on any atom is -0.506 e. The number of aromatic hydroxyl groups is 1. The number of halogens is 1. The Morgan fingerprint density at radius 2 is 2.00 bits per heavy atom. The molecule has 1 atom stereocenters. The fraction of sp³-hybridized carbons (Fsp3) is 0.421. The van der Waals surface area contributed by atoms with E-state index in [1.165, 1.54) is 12.3 Å². The molecule has 0 aliphatic carbocycles. The van der Waals surface area contributed by atoms with Gasteiger partial charge in [-0.15, -0.1) is 12.4 Å². The number of phenols is 1. The smallest absolute Gasteiger partial charge is 0.206 e. The van der Waals surface area contributed by atoms with Crippen LogP contribution in [0.1, 0.15) is 26.5 Å². The molecule has 0 amide bonds. The Hall–Kier alpha value is -2.22. The quantitative estimate of drug-likeness (QED) is 0.607. The topological polar surface area (TPSA) is 105 Å². The molecule has 0 fully saturated rings. The molecule has 0 saturated heterocycles. The molecule has 0 spiro atoms. The van der Waals surface area contributed by atoms with Crippen molar-refractivity contribution in [1.82, 2.24) is 5.32 Å². The van der Waals surface area contributed by atoms with Crippen molar-refractivity contribution in [2.24, 2.45) is 0 Å².